The van der Waals surface area contributed by atoms with E-state index in [0.29, 0.717) is 35.3 Å². The second-order valence-electron chi connectivity index (χ2n) is 4.16. The summed E-state index contributed by atoms with van der Waals surface area (Å²) in [5.74, 6) is 0.892. The molecule has 2 aromatic rings. The van der Waals surface area contributed by atoms with Gasteiger partial charge in [-0.15, -0.1) is 0 Å². The van der Waals surface area contributed by atoms with Gasteiger partial charge in [-0.3, -0.25) is 4.79 Å². The lowest BCUT2D eigenvalue weighted by molar-refractivity contribution is 0.1000. The van der Waals surface area contributed by atoms with E-state index < -0.39 is 5.91 Å². The fourth-order valence-corrected chi connectivity index (χ4v) is 2.42. The smallest absolute Gasteiger partial charge is 0.248 e. The van der Waals surface area contributed by atoms with Crippen molar-refractivity contribution in [2.75, 3.05) is 13.2 Å². The van der Waals surface area contributed by atoms with Crippen LogP contribution in [0.2, 0.25) is 5.02 Å². The predicted octanol–water partition coefficient (Wildman–Crippen LogP) is 3.66. The third kappa shape index (κ3) is 4.65. The third-order valence-corrected chi connectivity index (χ3v) is 3.50. The summed E-state index contributed by atoms with van der Waals surface area (Å²) in [5, 5.41) is 0.639. The quantitative estimate of drug-likeness (QED) is 0.789. The van der Waals surface area contributed by atoms with E-state index in [0.717, 1.165) is 4.47 Å². The van der Waals surface area contributed by atoms with Crippen LogP contribution in [0.15, 0.2) is 46.9 Å². The number of halogens is 2. The van der Waals surface area contributed by atoms with Crippen molar-refractivity contribution in [1.82, 2.24) is 0 Å². The van der Waals surface area contributed by atoms with Gasteiger partial charge in [0.05, 0.1) is 4.47 Å². The highest BCUT2D eigenvalue weighted by Crippen LogP contribution is 2.27. The van der Waals surface area contributed by atoms with Gasteiger partial charge in [0, 0.05) is 10.6 Å². The van der Waals surface area contributed by atoms with Crippen molar-refractivity contribution >= 4 is 33.4 Å². The number of hydrogen-bond acceptors (Lipinski definition) is 3. The number of nitrogens with two attached hydrogens (primary N) is 1. The van der Waals surface area contributed by atoms with Gasteiger partial charge >= 0.3 is 0 Å². The molecule has 0 aliphatic rings. The molecule has 2 rings (SSSR count). The molecular weight excluding hydrogens is 358 g/mol. The Balaban J connectivity index is 1.80. The monoisotopic (exact) mass is 369 g/mol. The van der Waals surface area contributed by atoms with Gasteiger partial charge in [-0.25, -0.2) is 0 Å². The number of rotatable bonds is 6. The van der Waals surface area contributed by atoms with Gasteiger partial charge in [0.25, 0.3) is 0 Å². The molecule has 4 nitrogen and oxygen atoms in total. The number of primary amides is 1. The van der Waals surface area contributed by atoms with Crippen molar-refractivity contribution in [2.45, 2.75) is 0 Å². The molecule has 0 saturated heterocycles. The zero-order valence-corrected chi connectivity index (χ0v) is 13.4. The summed E-state index contributed by atoms with van der Waals surface area (Å²) in [4.78, 5) is 10.9. The molecule has 0 aliphatic heterocycles. The molecule has 1 amide bonds. The van der Waals surface area contributed by atoms with Gasteiger partial charge in [0.2, 0.25) is 5.91 Å². The normalized spacial score (nSPS) is 10.2. The van der Waals surface area contributed by atoms with E-state index in [1.165, 1.54) is 0 Å². The average molecular weight is 371 g/mol. The van der Waals surface area contributed by atoms with E-state index in [-0.39, 0.29) is 0 Å². The summed E-state index contributed by atoms with van der Waals surface area (Å²) in [6, 6.07) is 11.9. The molecule has 2 N–H and O–H groups in total. The average Bonchev–Trinajstić information content (AvgIpc) is 2.46. The second-order valence-corrected chi connectivity index (χ2v) is 5.45. The minimum Gasteiger partial charge on any atom is -0.490 e. The number of ether oxygens (including phenoxy) is 2. The minimum atomic E-state index is -0.461. The Morgan fingerprint density at radius 3 is 2.38 bits per heavy atom. The summed E-state index contributed by atoms with van der Waals surface area (Å²) in [5.41, 5.74) is 5.61. The number of amides is 1. The minimum absolute atomic E-state index is 0.380. The Labute approximate surface area is 135 Å². The molecule has 0 spiro atoms. The number of carbonyl (C=O) groups is 1. The first-order valence-electron chi connectivity index (χ1n) is 6.17. The maximum atomic E-state index is 10.9. The van der Waals surface area contributed by atoms with Gasteiger partial charge in [-0.05, 0) is 58.4 Å². The topological polar surface area (TPSA) is 61.6 Å². The summed E-state index contributed by atoms with van der Waals surface area (Å²) >= 11 is 9.22. The standard InChI is InChI=1S/C15H13BrClNO3/c16-13-9-11(17)3-6-14(13)21-8-7-20-12-4-1-10(2-5-12)15(18)19/h1-6,9H,7-8H2,(H2,18,19). The first-order chi connectivity index (χ1) is 10.1. The van der Waals surface area contributed by atoms with Crippen LogP contribution in [0, 0.1) is 0 Å². The van der Waals surface area contributed by atoms with Crippen LogP contribution >= 0.6 is 27.5 Å². The largest absolute Gasteiger partial charge is 0.490 e. The van der Waals surface area contributed by atoms with Gasteiger partial charge in [0.15, 0.2) is 0 Å². The second kappa shape index (κ2) is 7.33. The number of carbonyl (C=O) groups excluding carboxylic acids is 1. The van der Waals surface area contributed by atoms with Gasteiger partial charge in [-0.1, -0.05) is 11.6 Å². The SMILES string of the molecule is NC(=O)c1ccc(OCCOc2ccc(Cl)cc2Br)cc1. The molecule has 110 valence electrons. The zero-order valence-electron chi connectivity index (χ0n) is 11.0. The van der Waals surface area contributed by atoms with Crippen LogP contribution in [0.3, 0.4) is 0 Å². The van der Waals surface area contributed by atoms with Crippen molar-refractivity contribution in [3.05, 3.63) is 57.5 Å². The van der Waals surface area contributed by atoms with E-state index in [4.69, 9.17) is 26.8 Å². The van der Waals surface area contributed by atoms with Crippen LogP contribution in [0.5, 0.6) is 11.5 Å². The Morgan fingerprint density at radius 2 is 1.76 bits per heavy atom. The summed E-state index contributed by atoms with van der Waals surface area (Å²) in [7, 11) is 0. The lowest BCUT2D eigenvalue weighted by atomic mass is 10.2. The van der Waals surface area contributed by atoms with Crippen LogP contribution in [0.4, 0.5) is 0 Å². The molecule has 0 aliphatic carbocycles. The van der Waals surface area contributed by atoms with Crippen molar-refractivity contribution < 1.29 is 14.3 Å². The highest BCUT2D eigenvalue weighted by molar-refractivity contribution is 9.10. The Morgan fingerprint density at radius 1 is 1.10 bits per heavy atom. The highest BCUT2D eigenvalue weighted by Gasteiger charge is 2.03. The molecule has 0 saturated carbocycles. The molecule has 0 heterocycles. The van der Waals surface area contributed by atoms with Crippen LogP contribution in [-0.4, -0.2) is 19.1 Å². The van der Waals surface area contributed by atoms with E-state index in [1.54, 1.807) is 42.5 Å². The predicted molar refractivity (Wildman–Crippen MR) is 85.1 cm³/mol. The lowest BCUT2D eigenvalue weighted by Gasteiger charge is -2.10. The van der Waals surface area contributed by atoms with Crippen LogP contribution in [-0.2, 0) is 0 Å². The van der Waals surface area contributed by atoms with E-state index >= 15 is 0 Å². The zero-order chi connectivity index (χ0) is 15.2. The molecule has 0 bridgehead atoms. The van der Waals surface area contributed by atoms with E-state index in [9.17, 15) is 4.79 Å². The molecule has 0 aromatic heterocycles. The molecule has 2 aromatic carbocycles. The van der Waals surface area contributed by atoms with E-state index in [1.807, 2.05) is 0 Å². The molecule has 0 fully saturated rings. The maximum Gasteiger partial charge on any atom is 0.248 e. The van der Waals surface area contributed by atoms with Crippen LogP contribution in [0.1, 0.15) is 10.4 Å². The van der Waals surface area contributed by atoms with Crippen molar-refractivity contribution in [3.8, 4) is 11.5 Å². The maximum absolute atomic E-state index is 10.9. The molecule has 21 heavy (non-hydrogen) atoms. The first-order valence-corrected chi connectivity index (χ1v) is 7.34. The summed E-state index contributed by atoms with van der Waals surface area (Å²) < 4.78 is 11.9. The molecule has 0 atom stereocenters. The number of benzene rings is 2. The fraction of sp³-hybridized carbons (Fsp3) is 0.133. The molecule has 6 heteroatoms. The van der Waals surface area contributed by atoms with Crippen LogP contribution in [0.25, 0.3) is 0 Å². The Bertz CT molecular complexity index is 631. The third-order valence-electron chi connectivity index (χ3n) is 2.64. The molecule has 0 unspecified atom stereocenters. The Kier molecular flexibility index (Phi) is 5.47. The van der Waals surface area contributed by atoms with Gasteiger partial charge in [0.1, 0.15) is 24.7 Å². The van der Waals surface area contributed by atoms with E-state index in [2.05, 4.69) is 15.9 Å². The van der Waals surface area contributed by atoms with Gasteiger partial charge < -0.3 is 15.2 Å². The van der Waals surface area contributed by atoms with Crippen LogP contribution < -0.4 is 15.2 Å². The Hall–Kier alpha value is -1.72. The van der Waals surface area contributed by atoms with Crippen molar-refractivity contribution in [2.24, 2.45) is 5.73 Å². The number of hydrogen-bond donors (Lipinski definition) is 1. The molecular formula is C15H13BrClNO3. The summed E-state index contributed by atoms with van der Waals surface area (Å²) in [6.07, 6.45) is 0. The summed E-state index contributed by atoms with van der Waals surface area (Å²) in [6.45, 7) is 0.767. The molecule has 0 radical (unpaired) electrons. The van der Waals surface area contributed by atoms with Gasteiger partial charge in [-0.2, -0.15) is 0 Å². The van der Waals surface area contributed by atoms with Crippen molar-refractivity contribution in [1.29, 1.82) is 0 Å². The first kappa shape index (κ1) is 15.7. The highest BCUT2D eigenvalue weighted by atomic mass is 79.9. The van der Waals surface area contributed by atoms with Crippen molar-refractivity contribution in [3.63, 3.8) is 0 Å². The fourth-order valence-electron chi connectivity index (χ4n) is 1.62. The lowest BCUT2D eigenvalue weighted by Crippen LogP contribution is -2.11.